The zero-order chi connectivity index (χ0) is 12.4. The SMILES string of the molecule is COc1ccc2c(n1)N[C@H](c1ccccc1)CN2. The predicted octanol–water partition coefficient (Wildman–Crippen LogP) is 2.67. The van der Waals surface area contributed by atoms with Gasteiger partial charge in [0.15, 0.2) is 5.82 Å². The van der Waals surface area contributed by atoms with E-state index in [1.54, 1.807) is 7.11 Å². The Hall–Kier alpha value is -2.23. The summed E-state index contributed by atoms with van der Waals surface area (Å²) in [4.78, 5) is 4.41. The Morgan fingerprint density at radius 2 is 2.00 bits per heavy atom. The minimum atomic E-state index is 0.235. The van der Waals surface area contributed by atoms with Crippen LogP contribution in [0.1, 0.15) is 11.6 Å². The smallest absolute Gasteiger partial charge is 0.215 e. The molecule has 0 saturated heterocycles. The van der Waals surface area contributed by atoms with E-state index in [2.05, 4.69) is 27.8 Å². The van der Waals surface area contributed by atoms with Crippen LogP contribution in [0.25, 0.3) is 0 Å². The third-order valence-electron chi connectivity index (χ3n) is 3.09. The molecule has 1 aromatic carbocycles. The molecule has 2 heterocycles. The van der Waals surface area contributed by atoms with Gasteiger partial charge < -0.3 is 15.4 Å². The monoisotopic (exact) mass is 241 g/mol. The number of rotatable bonds is 2. The molecule has 1 atom stereocenters. The van der Waals surface area contributed by atoms with E-state index in [4.69, 9.17) is 4.74 Å². The van der Waals surface area contributed by atoms with E-state index in [0.717, 1.165) is 18.1 Å². The molecule has 18 heavy (non-hydrogen) atoms. The van der Waals surface area contributed by atoms with Crippen LogP contribution < -0.4 is 15.4 Å². The Morgan fingerprint density at radius 1 is 1.17 bits per heavy atom. The molecular formula is C14H15N3O. The van der Waals surface area contributed by atoms with Crippen LogP contribution in [0.4, 0.5) is 11.5 Å². The summed E-state index contributed by atoms with van der Waals surface area (Å²) in [6.07, 6.45) is 0. The Balaban J connectivity index is 1.88. The number of aromatic nitrogens is 1. The highest BCUT2D eigenvalue weighted by Gasteiger charge is 2.19. The largest absolute Gasteiger partial charge is 0.481 e. The molecule has 2 N–H and O–H groups in total. The lowest BCUT2D eigenvalue weighted by Gasteiger charge is -2.27. The third-order valence-corrected chi connectivity index (χ3v) is 3.09. The highest BCUT2D eigenvalue weighted by molar-refractivity contribution is 5.68. The molecule has 1 aliphatic heterocycles. The third kappa shape index (κ3) is 1.97. The van der Waals surface area contributed by atoms with Gasteiger partial charge in [0.05, 0.1) is 18.8 Å². The number of ether oxygens (including phenoxy) is 1. The molecule has 0 spiro atoms. The van der Waals surface area contributed by atoms with Gasteiger partial charge in [-0.2, -0.15) is 4.98 Å². The van der Waals surface area contributed by atoms with Gasteiger partial charge in [0.1, 0.15) is 0 Å². The van der Waals surface area contributed by atoms with Crippen molar-refractivity contribution in [1.29, 1.82) is 0 Å². The summed E-state index contributed by atoms with van der Waals surface area (Å²) in [5.41, 5.74) is 2.27. The molecule has 0 aliphatic carbocycles. The van der Waals surface area contributed by atoms with Crippen molar-refractivity contribution in [2.24, 2.45) is 0 Å². The van der Waals surface area contributed by atoms with Gasteiger partial charge >= 0.3 is 0 Å². The first-order valence-electron chi connectivity index (χ1n) is 5.97. The first kappa shape index (κ1) is 10.9. The van der Waals surface area contributed by atoms with Gasteiger partial charge in [-0.25, -0.2) is 0 Å². The molecule has 4 nitrogen and oxygen atoms in total. The molecule has 1 aliphatic rings. The summed E-state index contributed by atoms with van der Waals surface area (Å²) in [5.74, 6) is 1.46. The van der Waals surface area contributed by atoms with Gasteiger partial charge in [0.25, 0.3) is 0 Å². The van der Waals surface area contributed by atoms with Crippen molar-refractivity contribution >= 4 is 11.5 Å². The quantitative estimate of drug-likeness (QED) is 0.848. The Morgan fingerprint density at radius 3 is 2.78 bits per heavy atom. The molecule has 0 bridgehead atoms. The van der Waals surface area contributed by atoms with Crippen molar-refractivity contribution in [2.75, 3.05) is 24.3 Å². The number of nitrogens with zero attached hydrogens (tertiary/aromatic N) is 1. The second-order valence-electron chi connectivity index (χ2n) is 4.24. The summed E-state index contributed by atoms with van der Waals surface area (Å²) in [6, 6.07) is 14.4. The zero-order valence-electron chi connectivity index (χ0n) is 10.2. The minimum absolute atomic E-state index is 0.235. The van der Waals surface area contributed by atoms with Crippen LogP contribution in [0, 0.1) is 0 Å². The maximum Gasteiger partial charge on any atom is 0.215 e. The summed E-state index contributed by atoms with van der Waals surface area (Å²) in [5, 5.41) is 6.82. The topological polar surface area (TPSA) is 46.2 Å². The predicted molar refractivity (Wildman–Crippen MR) is 72.1 cm³/mol. The number of pyridine rings is 1. The van der Waals surface area contributed by atoms with Crippen molar-refractivity contribution in [2.45, 2.75) is 6.04 Å². The summed E-state index contributed by atoms with van der Waals surface area (Å²) >= 11 is 0. The van der Waals surface area contributed by atoms with Gasteiger partial charge in [-0.15, -0.1) is 0 Å². The van der Waals surface area contributed by atoms with Crippen LogP contribution in [0.15, 0.2) is 42.5 Å². The highest BCUT2D eigenvalue weighted by Crippen LogP contribution is 2.31. The average molecular weight is 241 g/mol. The molecule has 4 heteroatoms. The molecule has 92 valence electrons. The van der Waals surface area contributed by atoms with Gasteiger partial charge in [-0.05, 0) is 11.6 Å². The number of hydrogen-bond acceptors (Lipinski definition) is 4. The average Bonchev–Trinajstić information content (AvgIpc) is 2.47. The maximum absolute atomic E-state index is 5.14. The second kappa shape index (κ2) is 4.56. The first-order chi connectivity index (χ1) is 8.86. The number of anilines is 2. The molecule has 3 rings (SSSR count). The van der Waals surface area contributed by atoms with Gasteiger partial charge in [0, 0.05) is 12.6 Å². The fourth-order valence-corrected chi connectivity index (χ4v) is 2.12. The van der Waals surface area contributed by atoms with E-state index >= 15 is 0 Å². The fourth-order valence-electron chi connectivity index (χ4n) is 2.12. The van der Waals surface area contributed by atoms with Crippen molar-refractivity contribution in [3.05, 3.63) is 48.0 Å². The fraction of sp³-hybridized carbons (Fsp3) is 0.214. The molecule has 0 fully saturated rings. The number of benzene rings is 1. The number of nitrogens with one attached hydrogen (secondary N) is 2. The number of hydrogen-bond donors (Lipinski definition) is 2. The van der Waals surface area contributed by atoms with Crippen LogP contribution in [0.3, 0.4) is 0 Å². The highest BCUT2D eigenvalue weighted by atomic mass is 16.5. The van der Waals surface area contributed by atoms with E-state index in [9.17, 15) is 0 Å². The molecule has 0 radical (unpaired) electrons. The van der Waals surface area contributed by atoms with E-state index in [1.165, 1.54) is 5.56 Å². The Kier molecular flexibility index (Phi) is 2.76. The van der Waals surface area contributed by atoms with Crippen LogP contribution in [-0.2, 0) is 0 Å². The molecule has 0 saturated carbocycles. The van der Waals surface area contributed by atoms with E-state index in [0.29, 0.717) is 5.88 Å². The lowest BCUT2D eigenvalue weighted by molar-refractivity contribution is 0.398. The van der Waals surface area contributed by atoms with Gasteiger partial charge in [0.2, 0.25) is 5.88 Å². The molecule has 2 aromatic rings. The van der Waals surface area contributed by atoms with Crippen molar-refractivity contribution < 1.29 is 4.74 Å². The van der Waals surface area contributed by atoms with Gasteiger partial charge in [-0.3, -0.25) is 0 Å². The summed E-state index contributed by atoms with van der Waals surface area (Å²) in [7, 11) is 1.62. The van der Waals surface area contributed by atoms with E-state index in [1.807, 2.05) is 30.3 Å². The minimum Gasteiger partial charge on any atom is -0.481 e. The first-order valence-corrected chi connectivity index (χ1v) is 5.97. The Bertz CT molecular complexity index is 542. The van der Waals surface area contributed by atoms with Crippen LogP contribution in [-0.4, -0.2) is 18.6 Å². The van der Waals surface area contributed by atoms with E-state index < -0.39 is 0 Å². The van der Waals surface area contributed by atoms with Crippen molar-refractivity contribution in [3.63, 3.8) is 0 Å². The van der Waals surface area contributed by atoms with Gasteiger partial charge in [-0.1, -0.05) is 30.3 Å². The van der Waals surface area contributed by atoms with E-state index in [-0.39, 0.29) is 6.04 Å². The molecule has 0 unspecified atom stereocenters. The zero-order valence-corrected chi connectivity index (χ0v) is 10.2. The lowest BCUT2D eigenvalue weighted by Crippen LogP contribution is -2.26. The number of methoxy groups -OCH3 is 1. The standard InChI is InChI=1S/C14H15N3O/c1-18-13-8-7-11-14(17-13)16-12(9-15-11)10-5-3-2-4-6-10/h2-8,12,15H,9H2,1H3,(H,16,17)/t12-/m0/s1. The lowest BCUT2D eigenvalue weighted by atomic mass is 10.1. The Labute approximate surface area is 106 Å². The summed E-state index contributed by atoms with van der Waals surface area (Å²) in [6.45, 7) is 0.852. The number of fused-ring (bicyclic) bond motifs is 1. The summed E-state index contributed by atoms with van der Waals surface area (Å²) < 4.78 is 5.14. The van der Waals surface area contributed by atoms with Crippen molar-refractivity contribution in [1.82, 2.24) is 4.98 Å². The van der Waals surface area contributed by atoms with Crippen LogP contribution in [0.5, 0.6) is 5.88 Å². The second-order valence-corrected chi connectivity index (χ2v) is 4.24. The molecule has 0 amide bonds. The van der Waals surface area contributed by atoms with Crippen molar-refractivity contribution in [3.8, 4) is 5.88 Å². The molecule has 1 aromatic heterocycles. The normalized spacial score (nSPS) is 17.3. The van der Waals surface area contributed by atoms with Crippen LogP contribution in [0.2, 0.25) is 0 Å². The molecular weight excluding hydrogens is 226 g/mol. The van der Waals surface area contributed by atoms with Crippen LogP contribution >= 0.6 is 0 Å². The maximum atomic E-state index is 5.14.